The standard InChI is InChI=1S/C12H15BrN2O5S/c13-11-10(5-9(20-11)12(16)17)21(18,19)14-8-6-15-3-1-7(8)2-4-15/h5,7-8,14H,1-4,6H2,(H,16,17). The lowest BCUT2D eigenvalue weighted by atomic mass is 9.85. The van der Waals surface area contributed by atoms with E-state index in [-0.39, 0.29) is 15.6 Å². The Bertz CT molecular complexity index is 663. The van der Waals surface area contributed by atoms with Gasteiger partial charge in [0.05, 0.1) is 0 Å². The first-order valence-corrected chi connectivity index (χ1v) is 8.92. The lowest BCUT2D eigenvalue weighted by Gasteiger charge is -2.44. The Balaban J connectivity index is 1.82. The second kappa shape index (κ2) is 5.38. The maximum Gasteiger partial charge on any atom is 0.371 e. The molecule has 4 heterocycles. The highest BCUT2D eigenvalue weighted by Gasteiger charge is 2.37. The van der Waals surface area contributed by atoms with Crippen molar-refractivity contribution in [3.63, 3.8) is 0 Å². The molecule has 0 radical (unpaired) electrons. The van der Waals surface area contributed by atoms with Gasteiger partial charge in [0.1, 0.15) is 4.90 Å². The van der Waals surface area contributed by atoms with E-state index in [0.717, 1.165) is 32.0 Å². The molecule has 4 rings (SSSR count). The van der Waals surface area contributed by atoms with Crippen molar-refractivity contribution in [1.82, 2.24) is 9.62 Å². The van der Waals surface area contributed by atoms with Crippen LogP contribution in [0.25, 0.3) is 0 Å². The van der Waals surface area contributed by atoms with Crippen molar-refractivity contribution in [3.8, 4) is 0 Å². The molecule has 7 nitrogen and oxygen atoms in total. The van der Waals surface area contributed by atoms with Gasteiger partial charge in [0.2, 0.25) is 15.8 Å². The van der Waals surface area contributed by atoms with Crippen LogP contribution in [0.5, 0.6) is 0 Å². The Morgan fingerprint density at radius 2 is 2.10 bits per heavy atom. The predicted molar refractivity (Wildman–Crippen MR) is 76.6 cm³/mol. The summed E-state index contributed by atoms with van der Waals surface area (Å²) in [7, 11) is -3.81. The number of fused-ring (bicyclic) bond motifs is 3. The van der Waals surface area contributed by atoms with Gasteiger partial charge in [-0.2, -0.15) is 0 Å². The number of rotatable bonds is 4. The highest BCUT2D eigenvalue weighted by molar-refractivity contribution is 9.10. The summed E-state index contributed by atoms with van der Waals surface area (Å²) in [6, 6.07) is 0.892. The van der Waals surface area contributed by atoms with Crippen molar-refractivity contribution in [3.05, 3.63) is 16.5 Å². The second-order valence-electron chi connectivity index (χ2n) is 5.42. The van der Waals surface area contributed by atoms with Crippen LogP contribution in [0.1, 0.15) is 23.4 Å². The molecule has 21 heavy (non-hydrogen) atoms. The molecule has 1 aromatic rings. The van der Waals surface area contributed by atoms with E-state index in [9.17, 15) is 13.2 Å². The van der Waals surface area contributed by atoms with Gasteiger partial charge in [-0.05, 0) is 47.8 Å². The Morgan fingerprint density at radius 3 is 2.57 bits per heavy atom. The van der Waals surface area contributed by atoms with Crippen LogP contribution in [0.3, 0.4) is 0 Å². The summed E-state index contributed by atoms with van der Waals surface area (Å²) in [5.74, 6) is -1.37. The lowest BCUT2D eigenvalue weighted by Crippen LogP contribution is -2.57. The minimum absolute atomic E-state index is 0.0892. The molecule has 0 aliphatic carbocycles. The van der Waals surface area contributed by atoms with Crippen LogP contribution >= 0.6 is 15.9 Å². The van der Waals surface area contributed by atoms with Gasteiger partial charge in [-0.25, -0.2) is 17.9 Å². The van der Waals surface area contributed by atoms with Gasteiger partial charge in [-0.15, -0.1) is 0 Å². The van der Waals surface area contributed by atoms with Gasteiger partial charge in [-0.1, -0.05) is 0 Å². The molecule has 0 spiro atoms. The van der Waals surface area contributed by atoms with Crippen molar-refractivity contribution < 1.29 is 22.7 Å². The number of carboxylic acids is 1. The Morgan fingerprint density at radius 1 is 1.43 bits per heavy atom. The monoisotopic (exact) mass is 378 g/mol. The zero-order chi connectivity index (χ0) is 15.2. The first-order valence-electron chi connectivity index (χ1n) is 6.64. The Hall–Kier alpha value is -0.900. The van der Waals surface area contributed by atoms with Crippen LogP contribution in [0.2, 0.25) is 0 Å². The molecule has 1 atom stereocenters. The van der Waals surface area contributed by atoms with Gasteiger partial charge in [-0.3, -0.25) is 0 Å². The molecule has 3 fully saturated rings. The fraction of sp³-hybridized carbons (Fsp3) is 0.583. The third kappa shape index (κ3) is 2.87. The fourth-order valence-electron chi connectivity index (χ4n) is 3.00. The average Bonchev–Trinajstić information content (AvgIpc) is 2.83. The summed E-state index contributed by atoms with van der Waals surface area (Å²) in [6.07, 6.45) is 1.97. The molecule has 3 aliphatic heterocycles. The maximum absolute atomic E-state index is 12.4. The SMILES string of the molecule is O=C(O)c1cc(S(=O)(=O)NC2CN3CCC2CC3)c(Br)o1. The predicted octanol–water partition coefficient (Wildman–Crippen LogP) is 1.11. The number of hydrogen-bond donors (Lipinski definition) is 2. The summed E-state index contributed by atoms with van der Waals surface area (Å²) in [4.78, 5) is 12.9. The van der Waals surface area contributed by atoms with E-state index >= 15 is 0 Å². The van der Waals surface area contributed by atoms with E-state index in [1.165, 1.54) is 0 Å². The molecule has 116 valence electrons. The molecule has 1 aromatic heterocycles. The molecular formula is C12H15BrN2O5S. The van der Waals surface area contributed by atoms with Crippen LogP contribution < -0.4 is 4.72 Å². The summed E-state index contributed by atoms with van der Waals surface area (Å²) < 4.78 is 32.3. The molecule has 0 amide bonds. The molecule has 9 heteroatoms. The average molecular weight is 379 g/mol. The number of sulfonamides is 1. The van der Waals surface area contributed by atoms with E-state index < -0.39 is 21.8 Å². The molecule has 3 aliphatic rings. The first-order chi connectivity index (χ1) is 9.87. The van der Waals surface area contributed by atoms with Crippen LogP contribution in [0, 0.1) is 5.92 Å². The van der Waals surface area contributed by atoms with E-state index in [0.29, 0.717) is 12.5 Å². The number of nitrogens with one attached hydrogen (secondary N) is 1. The zero-order valence-corrected chi connectivity index (χ0v) is 13.5. The van der Waals surface area contributed by atoms with E-state index in [2.05, 4.69) is 25.6 Å². The Labute approximate surface area is 130 Å². The smallest absolute Gasteiger partial charge is 0.371 e. The van der Waals surface area contributed by atoms with Crippen LogP contribution in [-0.4, -0.2) is 50.1 Å². The highest BCUT2D eigenvalue weighted by Crippen LogP contribution is 2.31. The van der Waals surface area contributed by atoms with Gasteiger partial charge < -0.3 is 14.4 Å². The number of carboxylic acid groups (broad SMARTS) is 1. The summed E-state index contributed by atoms with van der Waals surface area (Å²) in [5.41, 5.74) is 0. The summed E-state index contributed by atoms with van der Waals surface area (Å²) in [6.45, 7) is 2.73. The van der Waals surface area contributed by atoms with Crippen molar-refractivity contribution in [2.45, 2.75) is 23.8 Å². The van der Waals surface area contributed by atoms with Gasteiger partial charge >= 0.3 is 5.97 Å². The van der Waals surface area contributed by atoms with Gasteiger partial charge in [0.15, 0.2) is 4.67 Å². The normalized spacial score (nSPS) is 28.7. The molecule has 2 N–H and O–H groups in total. The number of hydrogen-bond acceptors (Lipinski definition) is 5. The molecule has 1 unspecified atom stereocenters. The number of piperidine rings is 3. The summed E-state index contributed by atoms with van der Waals surface area (Å²) >= 11 is 2.97. The third-order valence-electron chi connectivity index (χ3n) is 4.12. The maximum atomic E-state index is 12.4. The van der Waals surface area contributed by atoms with Crippen LogP contribution in [0.15, 0.2) is 20.0 Å². The van der Waals surface area contributed by atoms with E-state index in [1.807, 2.05) is 0 Å². The molecular weight excluding hydrogens is 364 g/mol. The first kappa shape index (κ1) is 15.0. The van der Waals surface area contributed by atoms with E-state index in [4.69, 9.17) is 9.52 Å². The fourth-order valence-corrected chi connectivity index (χ4v) is 5.24. The highest BCUT2D eigenvalue weighted by atomic mass is 79.9. The van der Waals surface area contributed by atoms with Crippen molar-refractivity contribution in [2.24, 2.45) is 5.92 Å². The number of halogens is 1. The van der Waals surface area contributed by atoms with Crippen molar-refractivity contribution in [2.75, 3.05) is 19.6 Å². The van der Waals surface area contributed by atoms with Gasteiger partial charge in [0.25, 0.3) is 0 Å². The topological polar surface area (TPSA) is 99.8 Å². The quantitative estimate of drug-likeness (QED) is 0.813. The van der Waals surface area contributed by atoms with E-state index in [1.54, 1.807) is 0 Å². The van der Waals surface area contributed by atoms with Crippen molar-refractivity contribution in [1.29, 1.82) is 0 Å². The Kier molecular flexibility index (Phi) is 3.85. The zero-order valence-electron chi connectivity index (χ0n) is 11.1. The minimum Gasteiger partial charge on any atom is -0.475 e. The number of aromatic carboxylic acids is 1. The second-order valence-corrected chi connectivity index (χ2v) is 7.82. The molecule has 0 saturated carbocycles. The molecule has 3 saturated heterocycles. The number of furan rings is 1. The molecule has 0 aromatic carbocycles. The lowest BCUT2D eigenvalue weighted by molar-refractivity contribution is 0.0661. The molecule has 2 bridgehead atoms. The number of nitrogens with zero attached hydrogens (tertiary/aromatic N) is 1. The largest absolute Gasteiger partial charge is 0.475 e. The minimum atomic E-state index is -3.81. The number of carbonyl (C=O) groups is 1. The van der Waals surface area contributed by atoms with Crippen molar-refractivity contribution >= 4 is 31.9 Å². The third-order valence-corrected chi connectivity index (χ3v) is 6.47. The van der Waals surface area contributed by atoms with Gasteiger partial charge in [0, 0.05) is 18.7 Å². The van der Waals surface area contributed by atoms with Crippen LogP contribution in [-0.2, 0) is 10.0 Å². The summed E-state index contributed by atoms with van der Waals surface area (Å²) in [5, 5.41) is 8.86. The van der Waals surface area contributed by atoms with Crippen LogP contribution in [0.4, 0.5) is 0 Å².